The van der Waals surface area contributed by atoms with E-state index in [4.69, 9.17) is 0 Å². The molecule has 3 N–H and O–H groups in total. The number of aromatic nitrogens is 2. The number of halogens is 1. The second kappa shape index (κ2) is 9.61. The lowest BCUT2D eigenvalue weighted by molar-refractivity contribution is -0.122. The molecule has 0 saturated carbocycles. The average molecular weight is 359 g/mol. The number of amides is 3. The molecule has 136 valence electrons. The Kier molecular flexibility index (Phi) is 8.17. The fourth-order valence-electron chi connectivity index (χ4n) is 2.58. The van der Waals surface area contributed by atoms with Gasteiger partial charge in [-0.1, -0.05) is 13.8 Å². The Morgan fingerprint density at radius 3 is 2.83 bits per heavy atom. The molecule has 24 heavy (non-hydrogen) atoms. The highest BCUT2D eigenvalue weighted by Crippen LogP contribution is 2.19. The van der Waals surface area contributed by atoms with Gasteiger partial charge in [0.25, 0.3) is 0 Å². The molecule has 1 aliphatic heterocycles. The normalized spacial score (nSPS) is 18.1. The molecule has 0 radical (unpaired) electrons. The Hall–Kier alpha value is -1.64. The van der Waals surface area contributed by atoms with Gasteiger partial charge in [0.05, 0.1) is 12.6 Å². The zero-order valence-electron chi connectivity index (χ0n) is 14.4. The van der Waals surface area contributed by atoms with Gasteiger partial charge in [-0.15, -0.1) is 12.4 Å². The Balaban J connectivity index is 0.00000288. The number of imide groups is 1. The zero-order chi connectivity index (χ0) is 16.8. The molecule has 1 aromatic heterocycles. The number of aryl methyl sites for hydroxylation is 1. The van der Waals surface area contributed by atoms with Crippen LogP contribution in [0.4, 0.5) is 4.79 Å². The van der Waals surface area contributed by atoms with Gasteiger partial charge in [0.2, 0.25) is 5.91 Å². The van der Waals surface area contributed by atoms with Gasteiger partial charge in [0.1, 0.15) is 5.82 Å². The maximum absolute atomic E-state index is 12.1. The van der Waals surface area contributed by atoms with E-state index in [0.717, 1.165) is 25.5 Å². The number of hydrogen-bond donors (Lipinski definition) is 3. The number of rotatable bonds is 5. The van der Waals surface area contributed by atoms with Gasteiger partial charge in [-0.3, -0.25) is 15.0 Å². The van der Waals surface area contributed by atoms with Gasteiger partial charge < -0.3 is 15.2 Å². The van der Waals surface area contributed by atoms with Crippen molar-refractivity contribution in [1.82, 2.24) is 30.4 Å². The van der Waals surface area contributed by atoms with E-state index in [9.17, 15) is 9.59 Å². The fraction of sp³-hybridized carbons (Fsp3) is 0.667. The molecule has 1 saturated heterocycles. The van der Waals surface area contributed by atoms with E-state index in [0.29, 0.717) is 12.5 Å². The summed E-state index contributed by atoms with van der Waals surface area (Å²) in [5.74, 6) is 0.957. The summed E-state index contributed by atoms with van der Waals surface area (Å²) in [7, 11) is 1.94. The second-order valence-corrected chi connectivity index (χ2v) is 6.24. The Morgan fingerprint density at radius 2 is 2.21 bits per heavy atom. The van der Waals surface area contributed by atoms with E-state index in [1.807, 2.05) is 36.6 Å². The van der Waals surface area contributed by atoms with Crippen LogP contribution in [-0.2, 0) is 11.8 Å². The topological polar surface area (TPSA) is 91.3 Å². The lowest BCUT2D eigenvalue weighted by atomic mass is 10.1. The molecule has 3 amide bonds. The standard InChI is InChI=1S/C15H26N6O2.ClH/c1-11(2)8-18-15(23)19-13(22)10-21-7-4-16-9-12(21)14-17-5-6-20(14)3;/h5-6,11-12,16H,4,7-10H2,1-3H3,(H2,18,19,22,23);1H. The van der Waals surface area contributed by atoms with Crippen LogP contribution in [0, 0.1) is 5.92 Å². The second-order valence-electron chi connectivity index (χ2n) is 6.24. The first-order valence-corrected chi connectivity index (χ1v) is 7.97. The van der Waals surface area contributed by atoms with Gasteiger partial charge in [-0.2, -0.15) is 0 Å². The van der Waals surface area contributed by atoms with E-state index in [1.54, 1.807) is 6.20 Å². The van der Waals surface area contributed by atoms with E-state index in [-0.39, 0.29) is 30.9 Å². The summed E-state index contributed by atoms with van der Waals surface area (Å²) in [6.45, 7) is 7.00. The monoisotopic (exact) mass is 358 g/mol. The lowest BCUT2D eigenvalue weighted by Crippen LogP contribution is -2.51. The molecule has 0 bridgehead atoms. The van der Waals surface area contributed by atoms with Crippen molar-refractivity contribution in [3.63, 3.8) is 0 Å². The molecular formula is C15H27ClN6O2. The molecule has 1 atom stereocenters. The first kappa shape index (κ1) is 20.4. The maximum Gasteiger partial charge on any atom is 0.321 e. The van der Waals surface area contributed by atoms with E-state index >= 15 is 0 Å². The van der Waals surface area contributed by atoms with Crippen molar-refractivity contribution < 1.29 is 9.59 Å². The summed E-state index contributed by atoms with van der Waals surface area (Å²) < 4.78 is 1.96. The predicted octanol–water partition coefficient (Wildman–Crippen LogP) is 0.270. The van der Waals surface area contributed by atoms with E-state index in [2.05, 4.69) is 20.9 Å². The zero-order valence-corrected chi connectivity index (χ0v) is 15.2. The van der Waals surface area contributed by atoms with E-state index in [1.165, 1.54) is 0 Å². The van der Waals surface area contributed by atoms with Crippen molar-refractivity contribution >= 4 is 24.3 Å². The molecule has 1 unspecified atom stereocenters. The van der Waals surface area contributed by atoms with Gasteiger partial charge in [0, 0.05) is 45.6 Å². The van der Waals surface area contributed by atoms with Crippen molar-refractivity contribution in [1.29, 1.82) is 0 Å². The van der Waals surface area contributed by atoms with Gasteiger partial charge in [-0.25, -0.2) is 9.78 Å². The fourth-order valence-corrected chi connectivity index (χ4v) is 2.58. The molecule has 1 aliphatic rings. The van der Waals surface area contributed by atoms with Crippen LogP contribution < -0.4 is 16.0 Å². The minimum atomic E-state index is -0.438. The number of piperazine rings is 1. The summed E-state index contributed by atoms with van der Waals surface area (Å²) in [6.07, 6.45) is 3.64. The highest BCUT2D eigenvalue weighted by molar-refractivity contribution is 5.95. The van der Waals surface area contributed by atoms with Gasteiger partial charge >= 0.3 is 6.03 Å². The van der Waals surface area contributed by atoms with Gasteiger partial charge in [0.15, 0.2) is 0 Å². The van der Waals surface area contributed by atoms with Gasteiger partial charge in [-0.05, 0) is 5.92 Å². The summed E-state index contributed by atoms with van der Waals surface area (Å²) >= 11 is 0. The number of imidazole rings is 1. The first-order valence-electron chi connectivity index (χ1n) is 7.97. The lowest BCUT2D eigenvalue weighted by Gasteiger charge is -2.35. The van der Waals surface area contributed by atoms with Crippen LogP contribution in [0.25, 0.3) is 0 Å². The van der Waals surface area contributed by atoms with E-state index < -0.39 is 6.03 Å². The molecule has 2 heterocycles. The molecule has 2 rings (SSSR count). The Bertz CT molecular complexity index is 548. The number of hydrogen-bond acceptors (Lipinski definition) is 5. The molecular weight excluding hydrogens is 332 g/mol. The molecule has 0 aliphatic carbocycles. The summed E-state index contributed by atoms with van der Waals surface area (Å²) in [4.78, 5) is 30.2. The number of carbonyl (C=O) groups is 2. The average Bonchev–Trinajstić information content (AvgIpc) is 2.91. The highest BCUT2D eigenvalue weighted by atomic mass is 35.5. The third kappa shape index (κ3) is 5.77. The van der Waals surface area contributed by atoms with Crippen LogP contribution in [-0.4, -0.2) is 59.1 Å². The minimum Gasteiger partial charge on any atom is -0.338 e. The van der Waals surface area contributed by atoms with Crippen molar-refractivity contribution in [3.8, 4) is 0 Å². The van der Waals surface area contributed by atoms with Crippen molar-refractivity contribution in [3.05, 3.63) is 18.2 Å². The van der Waals surface area contributed by atoms with Crippen molar-refractivity contribution in [2.75, 3.05) is 32.7 Å². The molecule has 1 aromatic rings. The summed E-state index contributed by atoms with van der Waals surface area (Å²) in [5, 5.41) is 8.39. The summed E-state index contributed by atoms with van der Waals surface area (Å²) in [6, 6.07) is -0.416. The maximum atomic E-state index is 12.1. The van der Waals surface area contributed by atoms with Crippen molar-refractivity contribution in [2.45, 2.75) is 19.9 Å². The quantitative estimate of drug-likeness (QED) is 0.702. The van der Waals surface area contributed by atoms with Crippen LogP contribution in [0.3, 0.4) is 0 Å². The molecule has 1 fully saturated rings. The van der Waals surface area contributed by atoms with Crippen LogP contribution in [0.15, 0.2) is 12.4 Å². The minimum absolute atomic E-state index is 0. The number of urea groups is 1. The van der Waals surface area contributed by atoms with Crippen LogP contribution in [0.1, 0.15) is 25.7 Å². The SMILES string of the molecule is CC(C)CNC(=O)NC(=O)CN1CCNCC1c1nccn1C.Cl. The molecule has 8 nitrogen and oxygen atoms in total. The number of nitrogens with zero attached hydrogens (tertiary/aromatic N) is 3. The third-order valence-electron chi connectivity index (χ3n) is 3.78. The first-order chi connectivity index (χ1) is 11.0. The predicted molar refractivity (Wildman–Crippen MR) is 94.0 cm³/mol. The smallest absolute Gasteiger partial charge is 0.321 e. The highest BCUT2D eigenvalue weighted by Gasteiger charge is 2.28. The van der Waals surface area contributed by atoms with Crippen LogP contribution in [0.5, 0.6) is 0 Å². The van der Waals surface area contributed by atoms with Crippen LogP contribution >= 0.6 is 12.4 Å². The molecule has 9 heteroatoms. The van der Waals surface area contributed by atoms with Crippen LogP contribution in [0.2, 0.25) is 0 Å². The largest absolute Gasteiger partial charge is 0.338 e. The van der Waals surface area contributed by atoms with Crippen molar-refractivity contribution in [2.24, 2.45) is 13.0 Å². The Labute approximate surface area is 148 Å². The molecule has 0 aromatic carbocycles. The summed E-state index contributed by atoms with van der Waals surface area (Å²) in [5.41, 5.74) is 0. The molecule has 0 spiro atoms. The number of nitrogens with one attached hydrogen (secondary N) is 3. The number of carbonyl (C=O) groups excluding carboxylic acids is 2. The third-order valence-corrected chi connectivity index (χ3v) is 3.78. The Morgan fingerprint density at radius 1 is 1.46 bits per heavy atom.